The highest BCUT2D eigenvalue weighted by molar-refractivity contribution is 7.96. The zero-order valence-electron chi connectivity index (χ0n) is 36.5. The fourth-order valence-corrected chi connectivity index (χ4v) is 6.78. The molecule has 7 heteroatoms. The van der Waals surface area contributed by atoms with Crippen molar-refractivity contribution < 1.29 is 24.6 Å². The number of aliphatic carboxylic acids is 1. The highest BCUT2D eigenvalue weighted by atomic mass is 32.1. The summed E-state index contributed by atoms with van der Waals surface area (Å²) in [7, 11) is 0. The van der Waals surface area contributed by atoms with E-state index in [1.54, 1.807) is 0 Å². The number of aryl methyl sites for hydroxylation is 1. The van der Waals surface area contributed by atoms with E-state index in [9.17, 15) is 19.5 Å². The second-order valence-electron chi connectivity index (χ2n) is 17.5. The number of carboxylic acids is 1. The van der Waals surface area contributed by atoms with Crippen LogP contribution in [-0.2, 0) is 31.6 Å². The minimum Gasteiger partial charge on any atom is -0.507 e. The fourth-order valence-electron chi connectivity index (χ4n) is 6.47. The molecule has 0 atom stereocenters. The maximum atomic E-state index is 10.8. The van der Waals surface area contributed by atoms with E-state index in [1.807, 2.05) is 12.1 Å². The van der Waals surface area contributed by atoms with Crippen LogP contribution in [0.1, 0.15) is 245 Å². The van der Waals surface area contributed by atoms with Crippen LogP contribution in [-0.4, -0.2) is 26.4 Å². The number of carbonyl (C=O) groups excluding carboxylic acids is 2. The van der Waals surface area contributed by atoms with Crippen molar-refractivity contribution in [1.82, 2.24) is 0 Å². The molecule has 0 aliphatic heterocycles. The maximum absolute atomic E-state index is 10.8. The van der Waals surface area contributed by atoms with Crippen LogP contribution in [0.5, 0.6) is 5.75 Å². The summed E-state index contributed by atoms with van der Waals surface area (Å²) in [4.78, 5) is 31.9. The number of benzene rings is 1. The summed E-state index contributed by atoms with van der Waals surface area (Å²) in [6.45, 7) is 16.8. The Morgan fingerprint density at radius 3 is 0.963 bits per heavy atom. The molecule has 0 amide bonds. The molecule has 0 bridgehead atoms. The van der Waals surface area contributed by atoms with Crippen molar-refractivity contribution in [3.8, 4) is 5.75 Å². The maximum Gasteiger partial charge on any atom is 0.303 e. The van der Waals surface area contributed by atoms with Gasteiger partial charge >= 0.3 is 5.97 Å². The van der Waals surface area contributed by atoms with Crippen LogP contribution < -0.4 is 0 Å². The number of hydrogen-bond donors (Lipinski definition) is 4. The molecule has 0 heterocycles. The minimum absolute atomic E-state index is 0.0390. The second kappa shape index (κ2) is 34.8. The SMILES string of the molecule is CC(C)(C)c1cc(CCC(=O)O)cc(C(C)(C)C)c1O.CCCCCCCCCCCCCCC(=O)S.CCCCCCCCCCCCCCC(=O)S. The zero-order valence-corrected chi connectivity index (χ0v) is 38.3. The van der Waals surface area contributed by atoms with Crippen molar-refractivity contribution >= 4 is 41.5 Å². The predicted octanol–water partition coefficient (Wildman–Crippen LogP) is 15.1. The smallest absolute Gasteiger partial charge is 0.303 e. The van der Waals surface area contributed by atoms with Gasteiger partial charge in [-0.1, -0.05) is 209 Å². The van der Waals surface area contributed by atoms with Crippen molar-refractivity contribution in [2.45, 2.75) is 246 Å². The van der Waals surface area contributed by atoms with Gasteiger partial charge in [0.25, 0.3) is 0 Å². The van der Waals surface area contributed by atoms with E-state index in [-0.39, 0.29) is 27.5 Å². The number of unbranched alkanes of at least 4 members (excludes halogenated alkanes) is 22. The lowest BCUT2D eigenvalue weighted by atomic mass is 9.78. The Morgan fingerprint density at radius 2 is 0.741 bits per heavy atom. The van der Waals surface area contributed by atoms with Crippen LogP contribution in [0.4, 0.5) is 0 Å². The third-order valence-corrected chi connectivity index (χ3v) is 10.3. The Bertz CT molecular complexity index is 1010. The van der Waals surface area contributed by atoms with E-state index < -0.39 is 5.97 Å². The third-order valence-electron chi connectivity index (χ3n) is 9.90. The number of carbonyl (C=O) groups is 3. The first-order chi connectivity index (χ1) is 25.5. The highest BCUT2D eigenvalue weighted by Crippen LogP contribution is 2.40. The van der Waals surface area contributed by atoms with Crippen LogP contribution in [0.15, 0.2) is 12.1 Å². The van der Waals surface area contributed by atoms with Gasteiger partial charge in [-0.15, -0.1) is 25.3 Å². The average Bonchev–Trinajstić information content (AvgIpc) is 3.08. The van der Waals surface area contributed by atoms with E-state index >= 15 is 0 Å². The lowest BCUT2D eigenvalue weighted by Crippen LogP contribution is -2.18. The first-order valence-electron chi connectivity index (χ1n) is 22.0. The van der Waals surface area contributed by atoms with Crippen LogP contribution in [0.2, 0.25) is 0 Å². The number of phenolic OH excluding ortho intramolecular Hbond substituents is 1. The molecule has 1 rings (SSSR count). The molecule has 0 aromatic heterocycles. The summed E-state index contributed by atoms with van der Waals surface area (Å²) in [5, 5.41) is 19.5. The van der Waals surface area contributed by atoms with Crippen LogP contribution in [0.3, 0.4) is 0 Å². The van der Waals surface area contributed by atoms with Gasteiger partial charge in [0.05, 0.1) is 0 Å². The number of thiol groups is 2. The third kappa shape index (κ3) is 35.0. The zero-order chi connectivity index (χ0) is 41.3. The monoisotopic (exact) mass is 795 g/mol. The van der Waals surface area contributed by atoms with Gasteiger partial charge in [-0.05, 0) is 46.8 Å². The normalized spacial score (nSPS) is 11.4. The van der Waals surface area contributed by atoms with E-state index in [2.05, 4.69) is 80.6 Å². The summed E-state index contributed by atoms with van der Waals surface area (Å²) in [5.41, 5.74) is 2.38. The largest absolute Gasteiger partial charge is 0.507 e. The topological polar surface area (TPSA) is 91.7 Å². The molecule has 1 aromatic carbocycles. The lowest BCUT2D eigenvalue weighted by Gasteiger charge is -2.28. The Labute approximate surface area is 345 Å². The molecule has 0 aliphatic carbocycles. The van der Waals surface area contributed by atoms with Gasteiger partial charge < -0.3 is 10.2 Å². The summed E-state index contributed by atoms with van der Waals surface area (Å²) in [5.74, 6) is -0.461. The Morgan fingerprint density at radius 1 is 0.481 bits per heavy atom. The number of phenols is 1. The first kappa shape index (κ1) is 54.6. The Balaban J connectivity index is 0. The standard InChI is InChI=1S/C17H26O3.2C15H30OS/c1-16(2,3)12-9-11(7-8-14(18)19)10-13(15(12)20)17(4,5)6;2*1-2-3-4-5-6-7-8-9-10-11-12-13-14-15(16)17/h9-10,20H,7-8H2,1-6H3,(H,18,19);2*2-14H2,1H3,(H,16,17). The van der Waals surface area contributed by atoms with Crippen molar-refractivity contribution in [2.24, 2.45) is 0 Å². The molecule has 0 aliphatic rings. The predicted molar refractivity (Wildman–Crippen MR) is 241 cm³/mol. The van der Waals surface area contributed by atoms with Crippen LogP contribution in [0, 0.1) is 0 Å². The lowest BCUT2D eigenvalue weighted by molar-refractivity contribution is -0.137. The molecule has 316 valence electrons. The van der Waals surface area contributed by atoms with Gasteiger partial charge in [-0.25, -0.2) is 0 Å². The van der Waals surface area contributed by atoms with Crippen LogP contribution >= 0.6 is 25.3 Å². The number of hydrogen-bond acceptors (Lipinski definition) is 4. The van der Waals surface area contributed by atoms with E-state index in [0.29, 0.717) is 25.0 Å². The van der Waals surface area contributed by atoms with Crippen LogP contribution in [0.25, 0.3) is 0 Å². The summed E-state index contributed by atoms with van der Waals surface area (Å²) in [6, 6.07) is 3.88. The quantitative estimate of drug-likeness (QED) is 0.0479. The summed E-state index contributed by atoms with van der Waals surface area (Å²) in [6.07, 6.45) is 34.1. The van der Waals surface area contributed by atoms with Gasteiger partial charge in [0.15, 0.2) is 10.2 Å². The molecule has 54 heavy (non-hydrogen) atoms. The Kier molecular flexibility index (Phi) is 35.2. The van der Waals surface area contributed by atoms with E-state index in [4.69, 9.17) is 5.11 Å². The van der Waals surface area contributed by atoms with E-state index in [1.165, 1.54) is 141 Å². The highest BCUT2D eigenvalue weighted by Gasteiger charge is 2.26. The molecule has 1 aromatic rings. The van der Waals surface area contributed by atoms with Gasteiger partial charge in [-0.3, -0.25) is 14.4 Å². The molecule has 0 saturated heterocycles. The minimum atomic E-state index is -0.798. The average molecular weight is 795 g/mol. The van der Waals surface area contributed by atoms with Crippen molar-refractivity contribution in [1.29, 1.82) is 0 Å². The summed E-state index contributed by atoms with van der Waals surface area (Å²) >= 11 is 7.53. The molecular formula is C47H86O5S2. The fraction of sp³-hybridized carbons (Fsp3) is 0.809. The first-order valence-corrected chi connectivity index (χ1v) is 22.9. The molecule has 0 saturated carbocycles. The number of carboxylic acid groups (broad SMARTS) is 1. The van der Waals surface area contributed by atoms with Crippen molar-refractivity contribution in [3.63, 3.8) is 0 Å². The molecule has 0 unspecified atom stereocenters. The molecule has 0 spiro atoms. The molecule has 5 nitrogen and oxygen atoms in total. The second-order valence-corrected chi connectivity index (χ2v) is 18.5. The van der Waals surface area contributed by atoms with Crippen molar-refractivity contribution in [2.75, 3.05) is 0 Å². The van der Waals surface area contributed by atoms with E-state index in [0.717, 1.165) is 29.5 Å². The Hall–Kier alpha value is -1.47. The molecule has 0 fully saturated rings. The molecular weight excluding hydrogens is 709 g/mol. The van der Waals surface area contributed by atoms with Crippen molar-refractivity contribution in [3.05, 3.63) is 28.8 Å². The van der Waals surface area contributed by atoms with Gasteiger partial charge in [-0.2, -0.15) is 0 Å². The summed E-state index contributed by atoms with van der Waals surface area (Å²) < 4.78 is 0. The number of rotatable bonds is 29. The van der Waals surface area contributed by atoms with Gasteiger partial charge in [0.1, 0.15) is 5.75 Å². The van der Waals surface area contributed by atoms with Gasteiger partial charge in [0, 0.05) is 19.3 Å². The number of aromatic hydroxyl groups is 1. The van der Waals surface area contributed by atoms with Gasteiger partial charge in [0.2, 0.25) is 0 Å². The molecule has 2 N–H and O–H groups in total. The molecule has 0 radical (unpaired) electrons.